The zero-order valence-corrected chi connectivity index (χ0v) is 12.9. The van der Waals surface area contributed by atoms with Crippen molar-refractivity contribution in [1.82, 2.24) is 0 Å². The summed E-state index contributed by atoms with van der Waals surface area (Å²) in [6, 6.07) is 6.82. The molecule has 1 aromatic carbocycles. The molecule has 0 spiro atoms. The van der Waals surface area contributed by atoms with E-state index in [1.165, 1.54) is 0 Å². The second kappa shape index (κ2) is 6.00. The molecule has 5 N–H and O–H groups in total. The van der Waals surface area contributed by atoms with Crippen molar-refractivity contribution in [2.24, 2.45) is 0 Å². The molecule has 1 aromatic rings. The highest BCUT2D eigenvalue weighted by Crippen LogP contribution is 2.59. The van der Waals surface area contributed by atoms with Gasteiger partial charge in [-0.1, -0.05) is 0 Å². The van der Waals surface area contributed by atoms with Crippen molar-refractivity contribution in [3.63, 3.8) is 0 Å². The van der Waals surface area contributed by atoms with Gasteiger partial charge in [-0.2, -0.15) is 0 Å². The Hall–Kier alpha value is 0.0500. The quantitative estimate of drug-likeness (QED) is 0.369. The molecule has 0 atom stereocenters. The fourth-order valence-corrected chi connectivity index (χ4v) is 3.80. The summed E-state index contributed by atoms with van der Waals surface area (Å²) in [6.07, 6.45) is 0. The van der Waals surface area contributed by atoms with E-state index in [4.69, 9.17) is 19.6 Å². The molecule has 0 saturated heterocycles. The van der Waals surface area contributed by atoms with E-state index in [0.29, 0.717) is 5.69 Å². The molecule has 0 aliphatic rings. The first-order chi connectivity index (χ1) is 8.10. The number of hydrogen-bond donors (Lipinski definition) is 5. The first kappa shape index (κ1) is 16.1. The minimum Gasteiger partial charge on any atom is -0.383 e. The first-order valence-corrected chi connectivity index (χ1v) is 9.15. The molecule has 18 heavy (non-hydrogen) atoms. The average Bonchev–Trinajstić information content (AvgIpc) is 2.17. The Balaban J connectivity index is 2.78. The van der Waals surface area contributed by atoms with Crippen molar-refractivity contribution in [3.8, 4) is 0 Å². The van der Waals surface area contributed by atoms with Crippen LogP contribution in [0, 0.1) is 3.57 Å². The normalized spacial score (nSPS) is 12.8. The van der Waals surface area contributed by atoms with E-state index in [1.54, 1.807) is 24.3 Å². The molecule has 0 unspecified atom stereocenters. The van der Waals surface area contributed by atoms with Crippen molar-refractivity contribution < 1.29 is 28.7 Å². The van der Waals surface area contributed by atoms with Crippen molar-refractivity contribution in [3.05, 3.63) is 27.8 Å². The second-order valence-corrected chi connectivity index (χ2v) is 8.80. The van der Waals surface area contributed by atoms with Crippen molar-refractivity contribution in [1.29, 1.82) is 0 Å². The maximum atomic E-state index is 11.0. The molecule has 10 heteroatoms. The summed E-state index contributed by atoms with van der Waals surface area (Å²) in [6.45, 7) is -0.505. The third-order valence-corrected chi connectivity index (χ3v) is 6.55. The Morgan fingerprint density at radius 3 is 1.89 bits per heavy atom. The Morgan fingerprint density at radius 2 is 1.50 bits per heavy atom. The summed E-state index contributed by atoms with van der Waals surface area (Å²) in [7, 11) is -9.74. The monoisotopic (exact) mass is 407 g/mol. The lowest BCUT2D eigenvalue weighted by molar-refractivity contribution is 0.340. The molecule has 0 amide bonds. The van der Waals surface area contributed by atoms with Crippen LogP contribution < -0.4 is 5.32 Å². The van der Waals surface area contributed by atoms with Crippen LogP contribution in [0.3, 0.4) is 0 Å². The van der Waals surface area contributed by atoms with Crippen molar-refractivity contribution >= 4 is 43.5 Å². The summed E-state index contributed by atoms with van der Waals surface area (Å²) in [5.74, 6) is 0. The number of hydrogen-bond acceptors (Lipinski definition) is 3. The molecule has 0 radical (unpaired) electrons. The third-order valence-electron chi connectivity index (χ3n) is 2.11. The van der Waals surface area contributed by atoms with E-state index in [0.717, 1.165) is 3.57 Å². The molecule has 0 heterocycles. The Bertz CT molecular complexity index is 473. The molecule has 7 nitrogen and oxygen atoms in total. The van der Waals surface area contributed by atoms with E-state index < -0.39 is 27.1 Å². The van der Waals surface area contributed by atoms with E-state index >= 15 is 0 Å². The van der Waals surface area contributed by atoms with Gasteiger partial charge in [0.1, 0.15) is 0 Å². The maximum absolute atomic E-state index is 11.0. The summed E-state index contributed by atoms with van der Waals surface area (Å²) in [5.41, 5.74) is 0.530. The Kier molecular flexibility index (Phi) is 5.37. The molecular weight excluding hydrogens is 395 g/mol. The summed E-state index contributed by atoms with van der Waals surface area (Å²) < 4.78 is 23.0. The highest BCUT2D eigenvalue weighted by atomic mass is 127. The number of nitrogens with one attached hydrogen (secondary N) is 1. The lowest BCUT2D eigenvalue weighted by Gasteiger charge is -2.20. The first-order valence-electron chi connectivity index (χ1n) is 4.70. The van der Waals surface area contributed by atoms with E-state index in [1.807, 2.05) is 0 Å². The van der Waals surface area contributed by atoms with Crippen molar-refractivity contribution in [2.45, 2.75) is 5.40 Å². The van der Waals surface area contributed by atoms with Gasteiger partial charge in [-0.25, -0.2) is 0 Å². The molecule has 1 rings (SSSR count). The lowest BCUT2D eigenvalue weighted by Crippen LogP contribution is -2.20. The van der Waals surface area contributed by atoms with Gasteiger partial charge in [0.2, 0.25) is 0 Å². The number of halogens is 1. The Labute approximate surface area is 117 Å². The summed E-state index contributed by atoms with van der Waals surface area (Å²) in [4.78, 5) is 35.7. The molecule has 0 aliphatic carbocycles. The van der Waals surface area contributed by atoms with Crippen molar-refractivity contribution in [2.75, 3.05) is 11.9 Å². The van der Waals surface area contributed by atoms with Gasteiger partial charge in [-0.3, -0.25) is 9.13 Å². The minimum absolute atomic E-state index is 0.505. The van der Waals surface area contributed by atoms with Crippen LogP contribution >= 0.6 is 37.8 Å². The smallest absolute Gasteiger partial charge is 0.342 e. The highest BCUT2D eigenvalue weighted by Gasteiger charge is 2.43. The Morgan fingerprint density at radius 1 is 1.06 bits per heavy atom. The second-order valence-electron chi connectivity index (χ2n) is 3.55. The van der Waals surface area contributed by atoms with Crippen LogP contribution in [0.2, 0.25) is 0 Å². The largest absolute Gasteiger partial charge is 0.383 e. The predicted octanol–water partition coefficient (Wildman–Crippen LogP) is 1.38. The van der Waals surface area contributed by atoms with Gasteiger partial charge < -0.3 is 24.9 Å². The maximum Gasteiger partial charge on any atom is 0.342 e. The molecule has 0 fully saturated rings. The fraction of sp³-hybridized carbons (Fsp3) is 0.250. The van der Waals surface area contributed by atoms with Gasteiger partial charge >= 0.3 is 15.2 Å². The van der Waals surface area contributed by atoms with Crippen LogP contribution in [0.1, 0.15) is 0 Å². The SMILES string of the molecule is O=P(O)(O)C(CNc1ccc(I)cc1)P(=O)(O)O. The number of anilines is 1. The van der Waals surface area contributed by atoms with E-state index in [2.05, 4.69) is 27.9 Å². The minimum atomic E-state index is -4.87. The lowest BCUT2D eigenvalue weighted by atomic mass is 10.3. The molecule has 0 saturated carbocycles. The van der Waals surface area contributed by atoms with Gasteiger partial charge in [0.05, 0.1) is 0 Å². The predicted molar refractivity (Wildman–Crippen MR) is 75.5 cm³/mol. The van der Waals surface area contributed by atoms with E-state index in [9.17, 15) is 9.13 Å². The van der Waals surface area contributed by atoms with Gasteiger partial charge in [0, 0.05) is 15.8 Å². The number of benzene rings is 1. The number of rotatable bonds is 5. The molecule has 0 bridgehead atoms. The van der Waals surface area contributed by atoms with Gasteiger partial charge in [0.25, 0.3) is 0 Å². The van der Waals surface area contributed by atoms with Crippen LogP contribution in [-0.4, -0.2) is 31.5 Å². The molecule has 102 valence electrons. The fourth-order valence-electron chi connectivity index (χ4n) is 1.21. The van der Waals surface area contributed by atoms with Crippen LogP contribution in [0.25, 0.3) is 0 Å². The van der Waals surface area contributed by atoms with Crippen LogP contribution in [0.4, 0.5) is 5.69 Å². The highest BCUT2D eigenvalue weighted by molar-refractivity contribution is 14.1. The standard InChI is InChI=1S/C8H12INO6P2/c9-6-1-3-7(4-2-6)10-5-8(17(11,12)13)18(14,15)16/h1-4,8,10H,5H2,(H2,11,12,13)(H2,14,15,16). The van der Waals surface area contributed by atoms with Crippen LogP contribution in [0.5, 0.6) is 0 Å². The van der Waals surface area contributed by atoms with E-state index in [-0.39, 0.29) is 0 Å². The molecule has 0 aromatic heterocycles. The topological polar surface area (TPSA) is 127 Å². The molecule has 0 aliphatic heterocycles. The van der Waals surface area contributed by atoms with Gasteiger partial charge in [0.15, 0.2) is 5.40 Å². The van der Waals surface area contributed by atoms with Gasteiger partial charge in [-0.05, 0) is 46.9 Å². The average molecular weight is 407 g/mol. The van der Waals surface area contributed by atoms with Gasteiger partial charge in [-0.15, -0.1) is 0 Å². The van der Waals surface area contributed by atoms with Crippen LogP contribution in [0.15, 0.2) is 24.3 Å². The molecular formula is C8H12INO6P2. The summed E-state index contributed by atoms with van der Waals surface area (Å²) in [5, 5.41) is 0.560. The zero-order valence-electron chi connectivity index (χ0n) is 8.97. The zero-order chi connectivity index (χ0) is 14.0. The summed E-state index contributed by atoms with van der Waals surface area (Å²) >= 11 is 2.09. The third kappa shape index (κ3) is 4.97. The van der Waals surface area contributed by atoms with Crippen LogP contribution in [-0.2, 0) is 9.13 Å².